The van der Waals surface area contributed by atoms with Crippen LogP contribution in [0.1, 0.15) is 13.8 Å². The largest absolute Gasteiger partial charge is 2.00 e. The van der Waals surface area contributed by atoms with Gasteiger partial charge < -0.3 is 19.8 Å². The van der Waals surface area contributed by atoms with Crippen molar-refractivity contribution in [1.82, 2.24) is 0 Å². The van der Waals surface area contributed by atoms with Crippen molar-refractivity contribution in [2.75, 3.05) is 0 Å². The summed E-state index contributed by atoms with van der Waals surface area (Å²) in [5.41, 5.74) is 0. The van der Waals surface area contributed by atoms with Gasteiger partial charge in [0.05, 0.1) is 11.9 Å². The zero-order valence-electron chi connectivity index (χ0n) is 7.65. The van der Waals surface area contributed by atoms with Crippen LogP contribution in [0.2, 0.25) is 0 Å². The van der Waals surface area contributed by atoms with Gasteiger partial charge in [-0.3, -0.25) is 0 Å². The maximum Gasteiger partial charge on any atom is 2.00 e. The number of carboxylic acid groups (broad SMARTS) is 2. The summed E-state index contributed by atoms with van der Waals surface area (Å²) in [5.74, 6) is -2.28. The molecule has 0 atom stereocenters. The van der Waals surface area contributed by atoms with Crippen LogP contribution >= 0.6 is 0 Å². The minimum atomic E-state index is -1.14. The van der Waals surface area contributed by atoms with Gasteiger partial charge >= 0.3 is 19.5 Å². The summed E-state index contributed by atoms with van der Waals surface area (Å²) in [6.45, 7) is 3.24. The third kappa shape index (κ3) is 35.5. The number of carboxylic acids is 2. The molecule has 0 saturated carbocycles. The van der Waals surface area contributed by atoms with Gasteiger partial charge in [0.15, 0.2) is 0 Å². The molecule has 5 heteroatoms. The molecule has 0 radical (unpaired) electrons. The van der Waals surface area contributed by atoms with E-state index >= 15 is 0 Å². The first-order valence-electron chi connectivity index (χ1n) is 3.22. The second kappa shape index (κ2) is 13.6. The molecule has 0 aromatic carbocycles. The predicted molar refractivity (Wildman–Crippen MR) is 39.6 cm³/mol. The van der Waals surface area contributed by atoms with Crippen LogP contribution in [0.5, 0.6) is 0 Å². The standard InChI is InChI=1S/2C4H6O2.Zn/c2*1-2-3-4(5)6;/h2*2-3H,1H3,(H,5,6);/q;;+2/p-2. The Morgan fingerprint density at radius 3 is 1.15 bits per heavy atom. The SMILES string of the molecule is CC=CC(=O)[O-].CC=CC(=O)[O-].[Zn+2]. The minimum absolute atomic E-state index is 0. The molecule has 0 unspecified atom stereocenters. The Bertz CT molecular complexity index is 174. The number of carbonyl (C=O) groups excluding carboxylic acids is 2. The number of hydrogen-bond acceptors (Lipinski definition) is 4. The van der Waals surface area contributed by atoms with Gasteiger partial charge in [0.25, 0.3) is 0 Å². The van der Waals surface area contributed by atoms with E-state index in [2.05, 4.69) is 0 Å². The Morgan fingerprint density at radius 2 is 1.15 bits per heavy atom. The van der Waals surface area contributed by atoms with Crippen LogP contribution < -0.4 is 10.2 Å². The van der Waals surface area contributed by atoms with Crippen molar-refractivity contribution in [1.29, 1.82) is 0 Å². The summed E-state index contributed by atoms with van der Waals surface area (Å²) in [6.07, 6.45) is 4.77. The van der Waals surface area contributed by atoms with Gasteiger partial charge in [0, 0.05) is 0 Å². The van der Waals surface area contributed by atoms with Crippen LogP contribution in [-0.2, 0) is 29.1 Å². The Morgan fingerprint density at radius 1 is 0.923 bits per heavy atom. The van der Waals surface area contributed by atoms with E-state index in [0.29, 0.717) is 0 Å². The summed E-state index contributed by atoms with van der Waals surface area (Å²) < 4.78 is 0. The fourth-order valence-electron chi connectivity index (χ4n) is 0.272. The maximum absolute atomic E-state index is 9.40. The summed E-state index contributed by atoms with van der Waals surface area (Å²) in [4.78, 5) is 18.8. The van der Waals surface area contributed by atoms with Gasteiger partial charge in [-0.05, 0) is 26.0 Å². The molecule has 0 amide bonds. The fourth-order valence-corrected chi connectivity index (χ4v) is 0.272. The van der Waals surface area contributed by atoms with Crippen molar-refractivity contribution in [2.24, 2.45) is 0 Å². The van der Waals surface area contributed by atoms with E-state index in [9.17, 15) is 19.8 Å². The van der Waals surface area contributed by atoms with Crippen molar-refractivity contribution in [2.45, 2.75) is 13.8 Å². The molecule has 0 heterocycles. The minimum Gasteiger partial charge on any atom is -0.545 e. The first-order chi connectivity index (χ1) is 5.54. The molecule has 0 spiro atoms. The monoisotopic (exact) mass is 234 g/mol. The number of carbonyl (C=O) groups is 2. The van der Waals surface area contributed by atoms with E-state index in [-0.39, 0.29) is 19.5 Å². The molecule has 4 nitrogen and oxygen atoms in total. The molecule has 0 aliphatic rings. The van der Waals surface area contributed by atoms with E-state index in [0.717, 1.165) is 12.2 Å². The van der Waals surface area contributed by atoms with E-state index in [1.54, 1.807) is 13.8 Å². The second-order valence-corrected chi connectivity index (χ2v) is 1.64. The summed E-state index contributed by atoms with van der Waals surface area (Å²) in [5, 5.41) is 18.8. The third-order valence-corrected chi connectivity index (χ3v) is 0.605. The molecular weight excluding hydrogens is 225 g/mol. The molecule has 0 aromatic heterocycles. The first kappa shape index (κ1) is 18.0. The van der Waals surface area contributed by atoms with Gasteiger partial charge in [-0.25, -0.2) is 0 Å². The molecule has 68 valence electrons. The van der Waals surface area contributed by atoms with Gasteiger partial charge in [-0.2, -0.15) is 0 Å². The van der Waals surface area contributed by atoms with Crippen LogP contribution in [0.15, 0.2) is 24.3 Å². The number of allylic oxidation sites excluding steroid dienone is 2. The van der Waals surface area contributed by atoms with Crippen LogP contribution in [0.4, 0.5) is 0 Å². The van der Waals surface area contributed by atoms with Crippen molar-refractivity contribution in [3.8, 4) is 0 Å². The van der Waals surface area contributed by atoms with Gasteiger partial charge in [-0.15, -0.1) is 0 Å². The molecule has 13 heavy (non-hydrogen) atoms. The van der Waals surface area contributed by atoms with Gasteiger partial charge in [0.2, 0.25) is 0 Å². The van der Waals surface area contributed by atoms with Crippen LogP contribution in [0.3, 0.4) is 0 Å². The smallest absolute Gasteiger partial charge is 0.545 e. The molecule has 0 saturated heterocycles. The zero-order valence-corrected chi connectivity index (χ0v) is 10.6. The van der Waals surface area contributed by atoms with E-state index in [1.807, 2.05) is 0 Å². The van der Waals surface area contributed by atoms with Gasteiger partial charge in [0.1, 0.15) is 0 Å². The van der Waals surface area contributed by atoms with E-state index in [1.165, 1.54) is 12.2 Å². The Kier molecular flexibility index (Phi) is 18.8. The summed E-state index contributed by atoms with van der Waals surface area (Å²) >= 11 is 0. The van der Waals surface area contributed by atoms with Crippen molar-refractivity contribution < 1.29 is 39.3 Å². The molecule has 0 bridgehead atoms. The topological polar surface area (TPSA) is 80.3 Å². The van der Waals surface area contributed by atoms with E-state index in [4.69, 9.17) is 0 Å². The summed E-state index contributed by atoms with van der Waals surface area (Å²) in [6, 6.07) is 0. The normalized spacial score (nSPS) is 8.77. The molecule has 0 aromatic rings. The molecule has 0 rings (SSSR count). The number of aliphatic carboxylic acids is 2. The third-order valence-electron chi connectivity index (χ3n) is 0.605. The zero-order chi connectivity index (χ0) is 9.98. The average molecular weight is 236 g/mol. The van der Waals surface area contributed by atoms with E-state index < -0.39 is 11.9 Å². The molecule has 0 aliphatic carbocycles. The molecule has 0 aliphatic heterocycles. The van der Waals surface area contributed by atoms with Crippen LogP contribution in [0.25, 0.3) is 0 Å². The Balaban J connectivity index is -0.000000143. The number of hydrogen-bond donors (Lipinski definition) is 0. The average Bonchev–Trinajstić information content (AvgIpc) is 1.87. The van der Waals surface area contributed by atoms with Gasteiger partial charge in [-0.1, -0.05) is 12.2 Å². The quantitative estimate of drug-likeness (QED) is 0.437. The first-order valence-corrected chi connectivity index (χ1v) is 3.22. The fraction of sp³-hybridized carbons (Fsp3) is 0.250. The van der Waals surface area contributed by atoms with Crippen LogP contribution in [-0.4, -0.2) is 11.9 Å². The Hall–Kier alpha value is -0.957. The predicted octanol–water partition coefficient (Wildman–Crippen LogP) is -1.38. The molecule has 0 N–H and O–H groups in total. The maximum atomic E-state index is 9.40. The second-order valence-electron chi connectivity index (χ2n) is 1.64. The summed E-state index contributed by atoms with van der Waals surface area (Å²) in [7, 11) is 0. The molecule has 0 fully saturated rings. The van der Waals surface area contributed by atoms with Crippen molar-refractivity contribution in [3.63, 3.8) is 0 Å². The van der Waals surface area contributed by atoms with Crippen LogP contribution in [0, 0.1) is 0 Å². The van der Waals surface area contributed by atoms with Crippen molar-refractivity contribution >= 4 is 11.9 Å². The Labute approximate surface area is 89.7 Å². The molecular formula is C8H10O4Zn. The number of rotatable bonds is 2. The van der Waals surface area contributed by atoms with Crippen molar-refractivity contribution in [3.05, 3.63) is 24.3 Å².